The third-order valence-corrected chi connectivity index (χ3v) is 7.21. The number of hydrogen-bond acceptors (Lipinski definition) is 6. The summed E-state index contributed by atoms with van der Waals surface area (Å²) in [6.07, 6.45) is 1.70. The third kappa shape index (κ3) is 5.96. The van der Waals surface area contributed by atoms with Gasteiger partial charge in [0.25, 0.3) is 10.1 Å². The highest BCUT2D eigenvalue weighted by Crippen LogP contribution is 2.36. The molecule has 0 fully saturated rings. The van der Waals surface area contributed by atoms with Gasteiger partial charge in [-0.1, -0.05) is 56.3 Å². The molecule has 0 saturated heterocycles. The van der Waals surface area contributed by atoms with Gasteiger partial charge in [0.15, 0.2) is 4.47 Å². The van der Waals surface area contributed by atoms with Crippen molar-refractivity contribution in [3.63, 3.8) is 0 Å². The first-order valence-electron chi connectivity index (χ1n) is 8.76. The Morgan fingerprint density at radius 3 is 2.41 bits per heavy atom. The second kappa shape index (κ2) is 8.65. The fourth-order valence-electron chi connectivity index (χ4n) is 2.59. The lowest BCUT2D eigenvalue weighted by molar-refractivity contribution is 0.483. The molecule has 29 heavy (non-hydrogen) atoms. The lowest BCUT2D eigenvalue weighted by Gasteiger charge is -2.19. The number of benzene rings is 2. The van der Waals surface area contributed by atoms with Crippen LogP contribution in [0.3, 0.4) is 0 Å². The first kappa shape index (κ1) is 22.1. The summed E-state index contributed by atoms with van der Waals surface area (Å²) in [6, 6.07) is 12.7. The van der Waals surface area contributed by atoms with Crippen molar-refractivity contribution in [1.82, 2.24) is 4.98 Å². The molecule has 1 aromatic heterocycles. The second-order valence-corrected chi connectivity index (χ2v) is 11.7. The van der Waals surface area contributed by atoms with E-state index in [1.807, 2.05) is 12.1 Å². The minimum Gasteiger partial charge on any atom is -0.379 e. The summed E-state index contributed by atoms with van der Waals surface area (Å²) in [5.41, 5.74) is 2.03. The van der Waals surface area contributed by atoms with Crippen molar-refractivity contribution in [3.8, 4) is 0 Å². The van der Waals surface area contributed by atoms with E-state index >= 15 is 0 Å². The molecule has 1 heterocycles. The predicted octanol–water partition coefficient (Wildman–Crippen LogP) is 6.10. The van der Waals surface area contributed by atoms with Gasteiger partial charge in [-0.15, -0.1) is 11.3 Å². The van der Waals surface area contributed by atoms with Crippen molar-refractivity contribution in [3.05, 3.63) is 63.6 Å². The molecule has 0 bridgehead atoms. The molecule has 2 aromatic carbocycles. The van der Waals surface area contributed by atoms with Crippen molar-refractivity contribution in [2.24, 2.45) is 0 Å². The van der Waals surface area contributed by atoms with Crippen LogP contribution in [0.5, 0.6) is 0 Å². The predicted molar refractivity (Wildman–Crippen MR) is 120 cm³/mol. The fourth-order valence-corrected chi connectivity index (χ4v) is 5.05. The van der Waals surface area contributed by atoms with Crippen LogP contribution in [0, 0.1) is 0 Å². The monoisotopic (exact) mass is 468 g/mol. The first-order valence-corrected chi connectivity index (χ1v) is 12.2. The summed E-state index contributed by atoms with van der Waals surface area (Å²) in [4.78, 5) is 6.50. The summed E-state index contributed by atoms with van der Waals surface area (Å²) in [6.45, 7) is 6.96. The van der Waals surface area contributed by atoms with Gasteiger partial charge in [-0.25, -0.2) is 4.98 Å². The zero-order valence-corrected chi connectivity index (χ0v) is 19.3. The van der Waals surface area contributed by atoms with Crippen molar-refractivity contribution < 1.29 is 13.0 Å². The van der Waals surface area contributed by atoms with Crippen molar-refractivity contribution >= 4 is 50.5 Å². The molecule has 0 saturated carbocycles. The van der Waals surface area contributed by atoms with Crippen LogP contribution in [0.1, 0.15) is 31.2 Å². The topological polar surface area (TPSA) is 79.3 Å². The van der Waals surface area contributed by atoms with E-state index in [2.05, 4.69) is 43.2 Å². The zero-order chi connectivity index (χ0) is 21.2. The molecule has 0 unspecified atom stereocenters. The van der Waals surface area contributed by atoms with Crippen LogP contribution in [-0.2, 0) is 22.1 Å². The molecule has 154 valence electrons. The van der Waals surface area contributed by atoms with E-state index in [4.69, 9.17) is 11.6 Å². The summed E-state index contributed by atoms with van der Waals surface area (Å²) >= 11 is 8.68. The average Bonchev–Trinajstić information content (AvgIpc) is 3.05. The largest absolute Gasteiger partial charge is 0.379 e. The maximum atomic E-state index is 11.6. The molecule has 3 rings (SSSR count). The van der Waals surface area contributed by atoms with Crippen molar-refractivity contribution in [2.75, 3.05) is 5.32 Å². The van der Waals surface area contributed by atoms with Gasteiger partial charge >= 0.3 is 0 Å². The maximum absolute atomic E-state index is 11.6. The number of halogens is 1. The van der Waals surface area contributed by atoms with Crippen LogP contribution >= 0.6 is 34.7 Å². The van der Waals surface area contributed by atoms with E-state index in [1.54, 1.807) is 12.3 Å². The summed E-state index contributed by atoms with van der Waals surface area (Å²) in [7, 11) is -4.29. The molecule has 0 atom stereocenters. The smallest absolute Gasteiger partial charge is 0.294 e. The van der Waals surface area contributed by atoms with Crippen LogP contribution in [-0.4, -0.2) is 18.0 Å². The van der Waals surface area contributed by atoms with E-state index in [-0.39, 0.29) is 10.3 Å². The van der Waals surface area contributed by atoms with E-state index in [0.29, 0.717) is 15.9 Å². The Bertz CT molecular complexity index is 1100. The van der Waals surface area contributed by atoms with Crippen LogP contribution in [0.4, 0.5) is 5.69 Å². The molecule has 0 radical (unpaired) electrons. The number of anilines is 1. The molecule has 2 N–H and O–H groups in total. The van der Waals surface area contributed by atoms with Gasteiger partial charge in [0.2, 0.25) is 0 Å². The molecule has 0 aliphatic rings. The van der Waals surface area contributed by atoms with Gasteiger partial charge in [0, 0.05) is 26.6 Å². The number of thiazole rings is 1. The normalized spacial score (nSPS) is 12.2. The van der Waals surface area contributed by atoms with E-state index < -0.39 is 10.1 Å². The highest BCUT2D eigenvalue weighted by Gasteiger charge is 2.16. The van der Waals surface area contributed by atoms with E-state index in [0.717, 1.165) is 15.5 Å². The molecule has 0 amide bonds. The Labute approximate surface area is 184 Å². The van der Waals surface area contributed by atoms with Gasteiger partial charge in [-0.2, -0.15) is 8.42 Å². The first-order chi connectivity index (χ1) is 13.5. The molecule has 9 heteroatoms. The van der Waals surface area contributed by atoms with Gasteiger partial charge in [0.05, 0.1) is 11.4 Å². The number of nitrogens with one attached hydrogen (secondary N) is 1. The lowest BCUT2D eigenvalue weighted by atomic mass is 9.87. The summed E-state index contributed by atoms with van der Waals surface area (Å²) < 4.78 is 33.1. The highest BCUT2D eigenvalue weighted by molar-refractivity contribution is 7.99. The maximum Gasteiger partial charge on any atom is 0.294 e. The second-order valence-electron chi connectivity index (χ2n) is 7.44. The van der Waals surface area contributed by atoms with Crippen LogP contribution in [0.25, 0.3) is 0 Å². The van der Waals surface area contributed by atoms with Crippen LogP contribution < -0.4 is 5.32 Å². The third-order valence-electron chi connectivity index (χ3n) is 4.18. The van der Waals surface area contributed by atoms with Gasteiger partial charge in [-0.05, 0) is 41.3 Å². The number of aromatic nitrogens is 1. The van der Waals surface area contributed by atoms with Crippen molar-refractivity contribution in [2.45, 2.75) is 47.4 Å². The lowest BCUT2D eigenvalue weighted by Crippen LogP contribution is -2.10. The molecular formula is C20H21ClN2O3S3. The van der Waals surface area contributed by atoms with Gasteiger partial charge < -0.3 is 5.32 Å². The highest BCUT2D eigenvalue weighted by atomic mass is 35.5. The van der Waals surface area contributed by atoms with Gasteiger partial charge in [0.1, 0.15) is 0 Å². The Kier molecular flexibility index (Phi) is 6.60. The van der Waals surface area contributed by atoms with Crippen LogP contribution in [0.2, 0.25) is 4.47 Å². The Balaban J connectivity index is 1.89. The standard InChI is InChI=1S/C20H21ClN2O3S3/c1-20(2,3)13-4-6-14(7-5-13)27-18-10-16(29(24,25)26)8-9-17(18)22-11-15-12-23-19(21)28-15/h4-10,12,22H,11H2,1-3H3,(H,24,25,26). The molecule has 0 aliphatic heterocycles. The van der Waals surface area contributed by atoms with E-state index in [9.17, 15) is 13.0 Å². The van der Waals surface area contributed by atoms with Crippen LogP contribution in [0.15, 0.2) is 63.3 Å². The zero-order valence-electron chi connectivity index (χ0n) is 16.1. The summed E-state index contributed by atoms with van der Waals surface area (Å²) in [5.74, 6) is 0. The minimum atomic E-state index is -4.29. The average molecular weight is 469 g/mol. The number of hydrogen-bond donors (Lipinski definition) is 2. The van der Waals surface area contributed by atoms with E-state index in [1.165, 1.54) is 40.8 Å². The van der Waals surface area contributed by atoms with Gasteiger partial charge in [-0.3, -0.25) is 4.55 Å². The quantitative estimate of drug-likeness (QED) is 0.425. The molecule has 0 aliphatic carbocycles. The number of rotatable bonds is 6. The number of nitrogens with zero attached hydrogens (tertiary/aromatic N) is 1. The molecular weight excluding hydrogens is 448 g/mol. The Morgan fingerprint density at radius 2 is 1.86 bits per heavy atom. The molecule has 3 aromatic rings. The minimum absolute atomic E-state index is 0.0524. The summed E-state index contributed by atoms with van der Waals surface area (Å²) in [5, 5.41) is 3.29. The Morgan fingerprint density at radius 1 is 1.17 bits per heavy atom. The molecule has 0 spiro atoms. The fraction of sp³-hybridized carbons (Fsp3) is 0.250. The Hall–Kier alpha value is -1.58. The SMILES string of the molecule is CC(C)(C)c1ccc(Sc2cc(S(=O)(=O)O)ccc2NCc2cnc(Cl)s2)cc1. The van der Waals surface area contributed by atoms with Crippen molar-refractivity contribution in [1.29, 1.82) is 0 Å². The molecule has 5 nitrogen and oxygen atoms in total.